The highest BCUT2D eigenvalue weighted by Gasteiger charge is 2.19. The maximum atomic E-state index is 12.1. The van der Waals surface area contributed by atoms with E-state index in [2.05, 4.69) is 16.4 Å². The standard InChI is InChI=1S/C16H21N3OS/c17-14(16(20)19-8-11-5-6-21-10-11)7-12-9-18-15-4-2-1-3-13(12)15/h1-4,9,11,14,18H,5-8,10,17H2,(H,19,20). The molecule has 1 aromatic carbocycles. The first-order valence-electron chi connectivity index (χ1n) is 7.40. The van der Waals surface area contributed by atoms with E-state index in [1.54, 1.807) is 0 Å². The normalized spacial score (nSPS) is 19.8. The number of aromatic nitrogens is 1. The maximum Gasteiger partial charge on any atom is 0.237 e. The molecule has 1 aliphatic rings. The van der Waals surface area contributed by atoms with E-state index in [1.807, 2.05) is 36.2 Å². The Morgan fingerprint density at radius 3 is 3.14 bits per heavy atom. The fraction of sp³-hybridized carbons (Fsp3) is 0.438. The zero-order valence-corrected chi connectivity index (χ0v) is 12.8. The Bertz CT molecular complexity index is 619. The van der Waals surface area contributed by atoms with Gasteiger partial charge in [0.15, 0.2) is 0 Å². The van der Waals surface area contributed by atoms with Crippen molar-refractivity contribution >= 4 is 28.6 Å². The van der Waals surface area contributed by atoms with Gasteiger partial charge < -0.3 is 16.0 Å². The molecule has 0 spiro atoms. The lowest BCUT2D eigenvalue weighted by Crippen LogP contribution is -2.43. The minimum Gasteiger partial charge on any atom is -0.361 e. The van der Waals surface area contributed by atoms with Gasteiger partial charge >= 0.3 is 0 Å². The molecule has 0 radical (unpaired) electrons. The zero-order valence-electron chi connectivity index (χ0n) is 12.0. The Balaban J connectivity index is 1.57. The summed E-state index contributed by atoms with van der Waals surface area (Å²) in [4.78, 5) is 15.3. The highest BCUT2D eigenvalue weighted by atomic mass is 32.2. The molecule has 4 N–H and O–H groups in total. The Morgan fingerprint density at radius 1 is 1.48 bits per heavy atom. The lowest BCUT2D eigenvalue weighted by molar-refractivity contribution is -0.122. The van der Waals surface area contributed by atoms with E-state index in [0.717, 1.165) is 28.8 Å². The van der Waals surface area contributed by atoms with Crippen LogP contribution in [0, 0.1) is 5.92 Å². The molecule has 4 nitrogen and oxygen atoms in total. The van der Waals surface area contributed by atoms with Crippen molar-refractivity contribution in [1.82, 2.24) is 10.3 Å². The number of fused-ring (bicyclic) bond motifs is 1. The Hall–Kier alpha value is -1.46. The molecule has 0 aliphatic carbocycles. The van der Waals surface area contributed by atoms with Crippen LogP contribution in [0.5, 0.6) is 0 Å². The number of rotatable bonds is 5. The van der Waals surface area contributed by atoms with Crippen LogP contribution in [0.15, 0.2) is 30.5 Å². The molecule has 0 saturated carbocycles. The van der Waals surface area contributed by atoms with Crippen molar-refractivity contribution in [3.8, 4) is 0 Å². The van der Waals surface area contributed by atoms with Gasteiger partial charge in [0.25, 0.3) is 0 Å². The fourth-order valence-corrected chi connectivity index (χ4v) is 4.03. The second kappa shape index (κ2) is 6.54. The molecule has 2 atom stereocenters. The minimum atomic E-state index is -0.488. The lowest BCUT2D eigenvalue weighted by Gasteiger charge is -2.14. The number of hydrogen-bond acceptors (Lipinski definition) is 3. The number of para-hydroxylation sites is 1. The molecule has 1 aliphatic heterocycles. The predicted octanol–water partition coefficient (Wildman–Crippen LogP) is 1.91. The topological polar surface area (TPSA) is 70.9 Å². The van der Waals surface area contributed by atoms with Gasteiger partial charge in [0.05, 0.1) is 6.04 Å². The largest absolute Gasteiger partial charge is 0.361 e. The molecule has 5 heteroatoms. The third-order valence-corrected chi connectivity index (χ3v) is 5.27. The summed E-state index contributed by atoms with van der Waals surface area (Å²) >= 11 is 1.96. The van der Waals surface area contributed by atoms with Crippen molar-refractivity contribution in [3.05, 3.63) is 36.0 Å². The summed E-state index contributed by atoms with van der Waals surface area (Å²) in [5.41, 5.74) is 8.24. The Morgan fingerprint density at radius 2 is 2.33 bits per heavy atom. The maximum absolute atomic E-state index is 12.1. The van der Waals surface area contributed by atoms with E-state index in [-0.39, 0.29) is 5.91 Å². The Labute approximate surface area is 128 Å². The smallest absolute Gasteiger partial charge is 0.237 e. The van der Waals surface area contributed by atoms with Crippen molar-refractivity contribution in [2.45, 2.75) is 18.9 Å². The first kappa shape index (κ1) is 14.5. The highest BCUT2D eigenvalue weighted by Crippen LogP contribution is 2.22. The molecule has 2 aromatic rings. The lowest BCUT2D eigenvalue weighted by atomic mass is 10.0. The first-order chi connectivity index (χ1) is 10.2. The van der Waals surface area contributed by atoms with Gasteiger partial charge in [-0.15, -0.1) is 0 Å². The molecule has 21 heavy (non-hydrogen) atoms. The summed E-state index contributed by atoms with van der Waals surface area (Å²) in [6, 6.07) is 7.60. The molecule has 3 rings (SSSR count). The summed E-state index contributed by atoms with van der Waals surface area (Å²) in [6.07, 6.45) is 3.71. The number of thioether (sulfide) groups is 1. The number of carbonyl (C=O) groups excluding carboxylic acids is 1. The van der Waals surface area contributed by atoms with Crippen molar-refractivity contribution in [2.24, 2.45) is 11.7 Å². The fourth-order valence-electron chi connectivity index (χ4n) is 2.75. The number of hydrogen-bond donors (Lipinski definition) is 3. The third kappa shape index (κ3) is 3.41. The zero-order chi connectivity index (χ0) is 14.7. The average Bonchev–Trinajstić information content (AvgIpc) is 3.15. The number of carbonyl (C=O) groups is 1. The van der Waals surface area contributed by atoms with Gasteiger partial charge in [-0.3, -0.25) is 4.79 Å². The van der Waals surface area contributed by atoms with E-state index < -0.39 is 6.04 Å². The SMILES string of the molecule is NC(Cc1c[nH]c2ccccc12)C(=O)NCC1CCSC1. The molecule has 2 unspecified atom stereocenters. The van der Waals surface area contributed by atoms with Crippen LogP contribution in [0.3, 0.4) is 0 Å². The van der Waals surface area contributed by atoms with Gasteiger partial charge in [-0.1, -0.05) is 18.2 Å². The van der Waals surface area contributed by atoms with E-state index in [0.29, 0.717) is 12.3 Å². The van der Waals surface area contributed by atoms with Crippen molar-refractivity contribution < 1.29 is 4.79 Å². The van der Waals surface area contributed by atoms with Crippen LogP contribution >= 0.6 is 11.8 Å². The van der Waals surface area contributed by atoms with Crippen LogP contribution in [0.2, 0.25) is 0 Å². The molecular weight excluding hydrogens is 282 g/mol. The monoisotopic (exact) mass is 303 g/mol. The van der Waals surface area contributed by atoms with Crippen molar-refractivity contribution in [2.75, 3.05) is 18.1 Å². The predicted molar refractivity (Wildman–Crippen MR) is 88.4 cm³/mol. The molecular formula is C16H21N3OS. The van der Waals surface area contributed by atoms with Crippen molar-refractivity contribution in [3.63, 3.8) is 0 Å². The summed E-state index contributed by atoms with van der Waals surface area (Å²) < 4.78 is 0. The van der Waals surface area contributed by atoms with Crippen LogP contribution in [0.4, 0.5) is 0 Å². The van der Waals surface area contributed by atoms with Gasteiger partial charge in [-0.25, -0.2) is 0 Å². The van der Waals surface area contributed by atoms with E-state index in [1.165, 1.54) is 12.2 Å². The van der Waals surface area contributed by atoms with Gasteiger partial charge in [-0.05, 0) is 41.9 Å². The van der Waals surface area contributed by atoms with Gasteiger partial charge in [0.2, 0.25) is 5.91 Å². The highest BCUT2D eigenvalue weighted by molar-refractivity contribution is 7.99. The van der Waals surface area contributed by atoms with Crippen LogP contribution < -0.4 is 11.1 Å². The number of amides is 1. The van der Waals surface area contributed by atoms with Crippen LogP contribution in [0.1, 0.15) is 12.0 Å². The third-order valence-electron chi connectivity index (χ3n) is 4.04. The second-order valence-electron chi connectivity index (χ2n) is 5.64. The second-order valence-corrected chi connectivity index (χ2v) is 6.79. The quantitative estimate of drug-likeness (QED) is 0.790. The van der Waals surface area contributed by atoms with Crippen molar-refractivity contribution in [1.29, 1.82) is 0 Å². The number of aromatic amines is 1. The molecule has 1 amide bonds. The number of H-pyrrole nitrogens is 1. The van der Waals surface area contributed by atoms with E-state index >= 15 is 0 Å². The molecule has 1 aromatic heterocycles. The molecule has 1 saturated heterocycles. The van der Waals surface area contributed by atoms with Crippen LogP contribution in [-0.2, 0) is 11.2 Å². The van der Waals surface area contributed by atoms with Gasteiger partial charge in [0, 0.05) is 23.6 Å². The Kier molecular flexibility index (Phi) is 4.51. The van der Waals surface area contributed by atoms with Gasteiger partial charge in [0.1, 0.15) is 0 Å². The van der Waals surface area contributed by atoms with E-state index in [9.17, 15) is 4.79 Å². The summed E-state index contributed by atoms with van der Waals surface area (Å²) in [5.74, 6) is 2.93. The number of nitrogens with one attached hydrogen (secondary N) is 2. The van der Waals surface area contributed by atoms with Gasteiger partial charge in [-0.2, -0.15) is 11.8 Å². The molecule has 112 valence electrons. The van der Waals surface area contributed by atoms with Crippen LogP contribution in [0.25, 0.3) is 10.9 Å². The first-order valence-corrected chi connectivity index (χ1v) is 8.55. The summed E-state index contributed by atoms with van der Waals surface area (Å²) in [6.45, 7) is 0.757. The van der Waals surface area contributed by atoms with Crippen LogP contribution in [-0.4, -0.2) is 35.0 Å². The minimum absolute atomic E-state index is 0.0443. The van der Waals surface area contributed by atoms with E-state index in [4.69, 9.17) is 5.73 Å². The summed E-state index contributed by atoms with van der Waals surface area (Å²) in [5, 5.41) is 4.14. The number of benzene rings is 1. The molecule has 0 bridgehead atoms. The average molecular weight is 303 g/mol. The summed E-state index contributed by atoms with van der Waals surface area (Å²) in [7, 11) is 0. The molecule has 2 heterocycles. The number of nitrogens with two attached hydrogens (primary N) is 1. The molecule has 1 fully saturated rings.